The maximum Gasteiger partial charge on any atom is 0.123 e. The minimum atomic E-state index is 0.344. The zero-order valence-electron chi connectivity index (χ0n) is 9.53. The van der Waals surface area contributed by atoms with Crippen LogP contribution in [0.4, 0.5) is 5.69 Å². The van der Waals surface area contributed by atoms with Crippen molar-refractivity contribution >= 4 is 16.5 Å². The number of benzene rings is 2. The molecular weight excluding hydrogens is 198 g/mol. The predicted octanol–water partition coefficient (Wildman–Crippen LogP) is 3.76. The van der Waals surface area contributed by atoms with Crippen molar-refractivity contribution in [3.63, 3.8) is 0 Å². The molecule has 84 valence electrons. The van der Waals surface area contributed by atoms with Crippen molar-refractivity contribution in [1.82, 2.24) is 0 Å². The summed E-state index contributed by atoms with van der Waals surface area (Å²) in [7, 11) is 0. The van der Waals surface area contributed by atoms with Gasteiger partial charge in [0.05, 0.1) is 0 Å². The van der Waals surface area contributed by atoms with Crippen molar-refractivity contribution in [2.45, 2.75) is 19.8 Å². The van der Waals surface area contributed by atoms with Gasteiger partial charge >= 0.3 is 0 Å². The van der Waals surface area contributed by atoms with E-state index in [0.29, 0.717) is 5.75 Å². The lowest BCUT2D eigenvalue weighted by Gasteiger charge is -2.10. The summed E-state index contributed by atoms with van der Waals surface area (Å²) in [5.41, 5.74) is 1.10. The summed E-state index contributed by atoms with van der Waals surface area (Å²) >= 11 is 0. The Balaban J connectivity index is 2.35. The van der Waals surface area contributed by atoms with Gasteiger partial charge in [0.15, 0.2) is 0 Å². The van der Waals surface area contributed by atoms with E-state index in [1.807, 2.05) is 30.3 Å². The minimum Gasteiger partial charge on any atom is -0.507 e. The van der Waals surface area contributed by atoms with Crippen molar-refractivity contribution in [1.29, 1.82) is 0 Å². The summed E-state index contributed by atoms with van der Waals surface area (Å²) in [6.07, 6.45) is 2.35. The van der Waals surface area contributed by atoms with Crippen LogP contribution in [0, 0.1) is 0 Å². The van der Waals surface area contributed by atoms with E-state index in [0.717, 1.165) is 29.4 Å². The smallest absolute Gasteiger partial charge is 0.123 e. The molecule has 0 aliphatic rings. The average Bonchev–Trinajstić information content (AvgIpc) is 2.33. The third-order valence-electron chi connectivity index (χ3n) is 2.75. The van der Waals surface area contributed by atoms with E-state index in [1.165, 1.54) is 6.42 Å². The molecule has 2 N–H and O–H groups in total. The Hall–Kier alpha value is -1.70. The molecule has 2 aromatic rings. The quantitative estimate of drug-likeness (QED) is 0.601. The van der Waals surface area contributed by atoms with Crippen LogP contribution in [-0.4, -0.2) is 11.7 Å². The molecule has 2 rings (SSSR count). The number of phenolic OH excluding ortho intramolecular Hbond substituents is 1. The van der Waals surface area contributed by atoms with Gasteiger partial charge < -0.3 is 10.4 Å². The van der Waals surface area contributed by atoms with Crippen LogP contribution in [0.1, 0.15) is 19.8 Å². The summed E-state index contributed by atoms with van der Waals surface area (Å²) in [4.78, 5) is 0. The highest BCUT2D eigenvalue weighted by molar-refractivity contribution is 5.97. The maximum absolute atomic E-state index is 9.74. The molecule has 0 radical (unpaired) electrons. The number of anilines is 1. The number of hydrogen-bond acceptors (Lipinski definition) is 2. The molecule has 0 saturated heterocycles. The van der Waals surface area contributed by atoms with E-state index in [2.05, 4.69) is 12.2 Å². The Labute approximate surface area is 95.9 Å². The van der Waals surface area contributed by atoms with Gasteiger partial charge in [0.25, 0.3) is 0 Å². The highest BCUT2D eigenvalue weighted by Crippen LogP contribution is 2.30. The van der Waals surface area contributed by atoms with E-state index in [4.69, 9.17) is 0 Å². The molecule has 0 heterocycles. The molecule has 0 saturated carbocycles. The van der Waals surface area contributed by atoms with Crippen molar-refractivity contribution < 1.29 is 5.11 Å². The van der Waals surface area contributed by atoms with Crippen molar-refractivity contribution in [2.24, 2.45) is 0 Å². The largest absolute Gasteiger partial charge is 0.507 e. The molecule has 0 bridgehead atoms. The molecule has 16 heavy (non-hydrogen) atoms. The van der Waals surface area contributed by atoms with E-state index >= 15 is 0 Å². The van der Waals surface area contributed by atoms with Gasteiger partial charge in [0.2, 0.25) is 0 Å². The second-order valence-electron chi connectivity index (χ2n) is 3.96. The zero-order chi connectivity index (χ0) is 11.4. The number of aromatic hydroxyl groups is 1. The molecular formula is C14H17NO. The molecule has 0 spiro atoms. The van der Waals surface area contributed by atoms with Gasteiger partial charge in [-0.1, -0.05) is 37.6 Å². The SMILES string of the molecule is CCCCNc1ccc(O)c2ccccc12. The van der Waals surface area contributed by atoms with Crippen molar-refractivity contribution in [3.8, 4) is 5.75 Å². The fourth-order valence-corrected chi connectivity index (χ4v) is 1.84. The van der Waals surface area contributed by atoms with Crippen molar-refractivity contribution in [3.05, 3.63) is 36.4 Å². The van der Waals surface area contributed by atoms with Crippen LogP contribution in [0.3, 0.4) is 0 Å². The van der Waals surface area contributed by atoms with Crippen LogP contribution in [-0.2, 0) is 0 Å². The number of nitrogens with one attached hydrogen (secondary N) is 1. The molecule has 0 amide bonds. The third-order valence-corrected chi connectivity index (χ3v) is 2.75. The molecule has 2 nitrogen and oxygen atoms in total. The molecule has 2 aromatic carbocycles. The Kier molecular flexibility index (Phi) is 3.30. The lowest BCUT2D eigenvalue weighted by atomic mass is 10.1. The summed E-state index contributed by atoms with van der Waals surface area (Å²) in [5.74, 6) is 0.344. The van der Waals surface area contributed by atoms with Crippen LogP contribution in [0.25, 0.3) is 10.8 Å². The molecule has 0 aliphatic carbocycles. The fraction of sp³-hybridized carbons (Fsp3) is 0.286. The lowest BCUT2D eigenvalue weighted by molar-refractivity contribution is 0.481. The Morgan fingerprint density at radius 3 is 2.56 bits per heavy atom. The van der Waals surface area contributed by atoms with Crippen LogP contribution in [0.2, 0.25) is 0 Å². The predicted molar refractivity (Wildman–Crippen MR) is 69.0 cm³/mol. The first kappa shape index (κ1) is 10.8. The van der Waals surface area contributed by atoms with Gasteiger partial charge in [-0.3, -0.25) is 0 Å². The van der Waals surface area contributed by atoms with Gasteiger partial charge in [0, 0.05) is 23.0 Å². The first-order valence-electron chi connectivity index (χ1n) is 5.77. The van der Waals surface area contributed by atoms with E-state index in [-0.39, 0.29) is 0 Å². The number of hydrogen-bond donors (Lipinski definition) is 2. The molecule has 2 heteroatoms. The summed E-state index contributed by atoms with van der Waals surface area (Å²) < 4.78 is 0. The highest BCUT2D eigenvalue weighted by atomic mass is 16.3. The standard InChI is InChI=1S/C14H17NO/c1-2-3-10-15-13-8-9-14(16)12-7-5-4-6-11(12)13/h4-9,15-16H,2-3,10H2,1H3. The van der Waals surface area contributed by atoms with Crippen LogP contribution >= 0.6 is 0 Å². The van der Waals surface area contributed by atoms with Gasteiger partial charge in [-0.15, -0.1) is 0 Å². The van der Waals surface area contributed by atoms with E-state index in [1.54, 1.807) is 6.07 Å². The summed E-state index contributed by atoms with van der Waals surface area (Å²) in [6, 6.07) is 11.6. The molecule has 0 atom stereocenters. The third kappa shape index (κ3) is 2.11. The molecule has 0 aliphatic heterocycles. The van der Waals surface area contributed by atoms with Crippen LogP contribution in [0.5, 0.6) is 5.75 Å². The van der Waals surface area contributed by atoms with Crippen LogP contribution in [0.15, 0.2) is 36.4 Å². The zero-order valence-corrected chi connectivity index (χ0v) is 9.53. The maximum atomic E-state index is 9.74. The topological polar surface area (TPSA) is 32.3 Å². The number of phenols is 1. The number of rotatable bonds is 4. The molecule has 0 fully saturated rings. The highest BCUT2D eigenvalue weighted by Gasteiger charge is 2.03. The lowest BCUT2D eigenvalue weighted by Crippen LogP contribution is -2.01. The Morgan fingerprint density at radius 2 is 1.81 bits per heavy atom. The molecule has 0 unspecified atom stereocenters. The fourth-order valence-electron chi connectivity index (χ4n) is 1.84. The van der Waals surface area contributed by atoms with Gasteiger partial charge in [0.1, 0.15) is 5.75 Å². The Bertz CT molecular complexity index is 479. The minimum absolute atomic E-state index is 0.344. The Morgan fingerprint density at radius 1 is 1.06 bits per heavy atom. The first-order chi connectivity index (χ1) is 7.83. The van der Waals surface area contributed by atoms with Gasteiger partial charge in [-0.2, -0.15) is 0 Å². The normalized spacial score (nSPS) is 10.6. The van der Waals surface area contributed by atoms with E-state index in [9.17, 15) is 5.11 Å². The first-order valence-corrected chi connectivity index (χ1v) is 5.77. The van der Waals surface area contributed by atoms with Gasteiger partial charge in [-0.25, -0.2) is 0 Å². The monoisotopic (exact) mass is 215 g/mol. The van der Waals surface area contributed by atoms with Gasteiger partial charge in [-0.05, 0) is 18.6 Å². The summed E-state index contributed by atoms with van der Waals surface area (Å²) in [6.45, 7) is 3.15. The summed E-state index contributed by atoms with van der Waals surface area (Å²) in [5, 5.41) is 15.1. The molecule has 0 aromatic heterocycles. The number of unbranched alkanes of at least 4 members (excludes halogenated alkanes) is 1. The second kappa shape index (κ2) is 4.88. The van der Waals surface area contributed by atoms with Crippen LogP contribution < -0.4 is 5.32 Å². The second-order valence-corrected chi connectivity index (χ2v) is 3.96. The van der Waals surface area contributed by atoms with Crippen molar-refractivity contribution in [2.75, 3.05) is 11.9 Å². The number of fused-ring (bicyclic) bond motifs is 1. The van der Waals surface area contributed by atoms with E-state index < -0.39 is 0 Å². The average molecular weight is 215 g/mol.